The topological polar surface area (TPSA) is 83.6 Å². The molecule has 0 bridgehead atoms. The molecule has 0 spiro atoms. The van der Waals surface area contributed by atoms with Gasteiger partial charge in [-0.15, -0.1) is 0 Å². The van der Waals surface area contributed by atoms with Crippen LogP contribution in [-0.2, 0) is 4.79 Å². The van der Waals surface area contributed by atoms with E-state index in [1.54, 1.807) is 18.2 Å². The number of anilines is 1. The fraction of sp³-hybridized carbons (Fsp3) is 0.385. The fourth-order valence-electron chi connectivity index (χ4n) is 1.68. The van der Waals surface area contributed by atoms with E-state index in [-0.39, 0.29) is 18.4 Å². The maximum Gasteiger partial charge on any atom is 0.323 e. The van der Waals surface area contributed by atoms with Crippen LogP contribution in [0.3, 0.4) is 0 Å². The highest BCUT2D eigenvalue weighted by molar-refractivity contribution is 9.10. The first kappa shape index (κ1) is 15.5. The largest absolute Gasteiger partial charge is 0.480 e. The van der Waals surface area contributed by atoms with E-state index >= 15 is 0 Å². The summed E-state index contributed by atoms with van der Waals surface area (Å²) in [5, 5.41) is 8.87. The van der Waals surface area contributed by atoms with E-state index in [2.05, 4.69) is 15.9 Å². The van der Waals surface area contributed by atoms with Gasteiger partial charge in [-0.05, 0) is 40.0 Å². The molecule has 19 heavy (non-hydrogen) atoms. The fourth-order valence-corrected chi connectivity index (χ4v) is 1.93. The lowest BCUT2D eigenvalue weighted by Gasteiger charge is -2.23. The van der Waals surface area contributed by atoms with E-state index < -0.39 is 5.97 Å². The molecule has 3 N–H and O–H groups in total. The van der Waals surface area contributed by atoms with E-state index in [9.17, 15) is 9.59 Å². The molecule has 0 saturated carbocycles. The van der Waals surface area contributed by atoms with Crippen LogP contribution >= 0.6 is 15.9 Å². The maximum atomic E-state index is 12.3. The standard InChI is InChI=1S/C13H17BrN2O3/c1-8(2)6-16(7-12(17)18)13(19)9-3-4-10(14)11(15)5-9/h3-5,8H,6-7,15H2,1-2H3,(H,17,18). The highest BCUT2D eigenvalue weighted by atomic mass is 79.9. The average molecular weight is 329 g/mol. The van der Waals surface area contributed by atoms with E-state index in [0.717, 1.165) is 0 Å². The molecule has 0 radical (unpaired) electrons. The zero-order valence-electron chi connectivity index (χ0n) is 10.9. The number of carboxylic acids is 1. The summed E-state index contributed by atoms with van der Waals surface area (Å²) in [5.74, 6) is -1.16. The minimum Gasteiger partial charge on any atom is -0.480 e. The molecule has 6 heteroatoms. The van der Waals surface area contributed by atoms with E-state index in [4.69, 9.17) is 10.8 Å². The van der Waals surface area contributed by atoms with Gasteiger partial charge in [-0.3, -0.25) is 9.59 Å². The van der Waals surface area contributed by atoms with E-state index in [0.29, 0.717) is 22.3 Å². The smallest absolute Gasteiger partial charge is 0.323 e. The number of aliphatic carboxylic acids is 1. The Morgan fingerprint density at radius 3 is 2.53 bits per heavy atom. The molecular weight excluding hydrogens is 312 g/mol. The molecule has 1 rings (SSSR count). The lowest BCUT2D eigenvalue weighted by molar-refractivity contribution is -0.137. The number of carboxylic acid groups (broad SMARTS) is 1. The highest BCUT2D eigenvalue weighted by Gasteiger charge is 2.19. The van der Waals surface area contributed by atoms with Crippen LogP contribution in [-0.4, -0.2) is 35.0 Å². The van der Waals surface area contributed by atoms with Crippen molar-refractivity contribution in [3.05, 3.63) is 28.2 Å². The number of hydrogen-bond acceptors (Lipinski definition) is 3. The van der Waals surface area contributed by atoms with Crippen LogP contribution in [0.2, 0.25) is 0 Å². The van der Waals surface area contributed by atoms with Crippen molar-refractivity contribution < 1.29 is 14.7 Å². The second-order valence-corrected chi connectivity index (χ2v) is 5.56. The van der Waals surface area contributed by atoms with Crippen molar-refractivity contribution in [2.45, 2.75) is 13.8 Å². The predicted molar refractivity (Wildman–Crippen MR) is 76.9 cm³/mol. The molecule has 0 heterocycles. The molecule has 104 valence electrons. The molecule has 0 fully saturated rings. The molecule has 0 aromatic heterocycles. The number of hydrogen-bond donors (Lipinski definition) is 2. The Hall–Kier alpha value is -1.56. The summed E-state index contributed by atoms with van der Waals surface area (Å²) >= 11 is 3.25. The molecular formula is C13H17BrN2O3. The number of nitrogens with zero attached hydrogens (tertiary/aromatic N) is 1. The number of benzene rings is 1. The van der Waals surface area contributed by atoms with Gasteiger partial charge in [-0.25, -0.2) is 0 Å². The van der Waals surface area contributed by atoms with Crippen molar-refractivity contribution in [2.75, 3.05) is 18.8 Å². The summed E-state index contributed by atoms with van der Waals surface area (Å²) in [7, 11) is 0. The van der Waals surface area contributed by atoms with Gasteiger partial charge in [-0.1, -0.05) is 13.8 Å². The van der Waals surface area contributed by atoms with Crippen LogP contribution in [0.1, 0.15) is 24.2 Å². The number of carbonyl (C=O) groups excluding carboxylic acids is 1. The summed E-state index contributed by atoms with van der Waals surface area (Å²) in [6, 6.07) is 4.84. The van der Waals surface area contributed by atoms with Gasteiger partial charge in [0.15, 0.2) is 0 Å². The number of rotatable bonds is 5. The molecule has 0 unspecified atom stereocenters. The third kappa shape index (κ3) is 4.55. The molecule has 1 aromatic rings. The molecule has 0 aliphatic rings. The monoisotopic (exact) mass is 328 g/mol. The average Bonchev–Trinajstić information content (AvgIpc) is 2.29. The number of halogens is 1. The predicted octanol–water partition coefficient (Wildman–Crippen LogP) is 2.21. The van der Waals surface area contributed by atoms with Crippen molar-refractivity contribution >= 4 is 33.5 Å². The van der Waals surface area contributed by atoms with Gasteiger partial charge in [0, 0.05) is 22.3 Å². The number of nitrogens with two attached hydrogens (primary N) is 1. The quantitative estimate of drug-likeness (QED) is 0.812. The zero-order chi connectivity index (χ0) is 14.6. The first-order chi connectivity index (χ1) is 8.81. The molecule has 1 aromatic carbocycles. The lowest BCUT2D eigenvalue weighted by atomic mass is 10.1. The van der Waals surface area contributed by atoms with Crippen LogP contribution in [0.5, 0.6) is 0 Å². The number of amides is 1. The Balaban J connectivity index is 2.97. The highest BCUT2D eigenvalue weighted by Crippen LogP contribution is 2.21. The maximum absolute atomic E-state index is 12.3. The van der Waals surface area contributed by atoms with Gasteiger partial charge >= 0.3 is 5.97 Å². The van der Waals surface area contributed by atoms with Gasteiger partial charge in [-0.2, -0.15) is 0 Å². The van der Waals surface area contributed by atoms with Crippen LogP contribution in [0.25, 0.3) is 0 Å². The Morgan fingerprint density at radius 1 is 1.42 bits per heavy atom. The molecule has 0 aliphatic heterocycles. The molecule has 0 aliphatic carbocycles. The van der Waals surface area contributed by atoms with Gasteiger partial charge in [0.2, 0.25) is 0 Å². The van der Waals surface area contributed by atoms with Crippen LogP contribution in [0.4, 0.5) is 5.69 Å². The van der Waals surface area contributed by atoms with Crippen molar-refractivity contribution in [1.29, 1.82) is 0 Å². The van der Waals surface area contributed by atoms with Gasteiger partial charge in [0.1, 0.15) is 6.54 Å². The second kappa shape index (κ2) is 6.56. The first-order valence-corrected chi connectivity index (χ1v) is 6.66. The van der Waals surface area contributed by atoms with Crippen molar-refractivity contribution in [2.24, 2.45) is 5.92 Å². The van der Waals surface area contributed by atoms with Gasteiger partial charge in [0.25, 0.3) is 5.91 Å². The van der Waals surface area contributed by atoms with Crippen molar-refractivity contribution in [3.63, 3.8) is 0 Å². The summed E-state index contributed by atoms with van der Waals surface area (Å²) in [6.45, 7) is 3.93. The first-order valence-electron chi connectivity index (χ1n) is 5.87. The van der Waals surface area contributed by atoms with E-state index in [1.165, 1.54) is 4.90 Å². The minimum absolute atomic E-state index is 0.191. The Bertz CT molecular complexity index is 489. The van der Waals surface area contributed by atoms with Crippen molar-refractivity contribution in [1.82, 2.24) is 4.90 Å². The Morgan fingerprint density at radius 2 is 2.05 bits per heavy atom. The molecule has 1 amide bonds. The summed E-state index contributed by atoms with van der Waals surface area (Å²) in [6.07, 6.45) is 0. The second-order valence-electron chi connectivity index (χ2n) is 4.71. The van der Waals surface area contributed by atoms with Crippen LogP contribution in [0.15, 0.2) is 22.7 Å². The molecule has 0 atom stereocenters. The summed E-state index contributed by atoms with van der Waals surface area (Å²) in [4.78, 5) is 24.4. The van der Waals surface area contributed by atoms with Gasteiger partial charge in [0.05, 0.1) is 0 Å². The van der Waals surface area contributed by atoms with Crippen LogP contribution < -0.4 is 5.73 Å². The Kier molecular flexibility index (Phi) is 5.35. The van der Waals surface area contributed by atoms with E-state index in [1.807, 2.05) is 13.8 Å². The minimum atomic E-state index is -1.03. The molecule has 5 nitrogen and oxygen atoms in total. The third-order valence-corrected chi connectivity index (χ3v) is 3.16. The van der Waals surface area contributed by atoms with Crippen LogP contribution in [0, 0.1) is 5.92 Å². The molecule has 0 saturated heterocycles. The third-order valence-electron chi connectivity index (χ3n) is 2.44. The normalized spacial score (nSPS) is 10.5. The number of nitrogen functional groups attached to an aromatic ring is 1. The SMILES string of the molecule is CC(C)CN(CC(=O)O)C(=O)c1ccc(Br)c(N)c1. The number of carbonyl (C=O) groups is 2. The lowest BCUT2D eigenvalue weighted by Crippen LogP contribution is -2.38. The van der Waals surface area contributed by atoms with Crippen molar-refractivity contribution in [3.8, 4) is 0 Å². The summed E-state index contributed by atoms with van der Waals surface area (Å²) < 4.78 is 0.706. The zero-order valence-corrected chi connectivity index (χ0v) is 12.5. The van der Waals surface area contributed by atoms with Gasteiger partial charge < -0.3 is 15.7 Å². The summed E-state index contributed by atoms with van der Waals surface area (Å²) in [5.41, 5.74) is 6.57. The Labute approximate surface area is 120 Å².